The van der Waals surface area contributed by atoms with Gasteiger partial charge in [-0.15, -0.1) is 0 Å². The molecule has 1 N–H and O–H groups in total. The van der Waals surface area contributed by atoms with Gasteiger partial charge in [-0.3, -0.25) is 4.79 Å². The first-order valence-electron chi connectivity index (χ1n) is 8.56. The number of benzene rings is 1. The van der Waals surface area contributed by atoms with Crippen LogP contribution >= 0.6 is 0 Å². The normalized spacial score (nSPS) is 14.3. The lowest BCUT2D eigenvalue weighted by Crippen LogP contribution is -2.42. The van der Waals surface area contributed by atoms with E-state index in [1.807, 2.05) is 27.7 Å². The number of hydrogen-bond donors (Lipinski definition) is 1. The number of nitrogens with one attached hydrogen (secondary N) is 1. The van der Waals surface area contributed by atoms with Crippen LogP contribution in [0.5, 0.6) is 5.75 Å². The minimum absolute atomic E-state index is 0.0720. The van der Waals surface area contributed by atoms with E-state index in [0.717, 1.165) is 12.8 Å². The number of carbonyl (C=O) groups is 1. The van der Waals surface area contributed by atoms with E-state index in [2.05, 4.69) is 11.4 Å². The largest absolute Gasteiger partial charge is 0.491 e. The molecule has 1 aromatic rings. The summed E-state index contributed by atoms with van der Waals surface area (Å²) in [5.41, 5.74) is -0.0638. The zero-order valence-corrected chi connectivity index (χ0v) is 15.3. The summed E-state index contributed by atoms with van der Waals surface area (Å²) >= 11 is 0. The number of anilines is 1. The highest BCUT2D eigenvalue weighted by molar-refractivity contribution is 5.98. The van der Waals surface area contributed by atoms with Gasteiger partial charge < -0.3 is 14.8 Å². The molecule has 5 heteroatoms. The molecule has 2 unspecified atom stereocenters. The van der Waals surface area contributed by atoms with Crippen molar-refractivity contribution in [2.45, 2.75) is 65.6 Å². The van der Waals surface area contributed by atoms with E-state index >= 15 is 0 Å². The molecule has 1 amide bonds. The van der Waals surface area contributed by atoms with E-state index < -0.39 is 5.60 Å². The SMILES string of the molecule is CCCOC(C)(CC)C(=O)Nc1ccc(OC(C)CC)cc1C#N. The summed E-state index contributed by atoms with van der Waals surface area (Å²) in [6.45, 7) is 10.2. The van der Waals surface area contributed by atoms with E-state index in [0.29, 0.717) is 30.0 Å². The van der Waals surface area contributed by atoms with Gasteiger partial charge in [0, 0.05) is 12.7 Å². The summed E-state index contributed by atoms with van der Waals surface area (Å²) in [6, 6.07) is 7.22. The quantitative estimate of drug-likeness (QED) is 0.733. The molecule has 1 aromatic carbocycles. The Labute approximate surface area is 145 Å². The number of amides is 1. The molecule has 0 fully saturated rings. The van der Waals surface area contributed by atoms with Crippen molar-refractivity contribution < 1.29 is 14.3 Å². The van der Waals surface area contributed by atoms with Gasteiger partial charge in [-0.05, 0) is 45.2 Å². The van der Waals surface area contributed by atoms with Crippen LogP contribution in [0.2, 0.25) is 0 Å². The molecule has 2 atom stereocenters. The molecule has 0 aliphatic rings. The van der Waals surface area contributed by atoms with Crippen LogP contribution in [0.25, 0.3) is 0 Å². The first-order chi connectivity index (χ1) is 11.4. The van der Waals surface area contributed by atoms with Gasteiger partial charge in [0.1, 0.15) is 17.4 Å². The highest BCUT2D eigenvalue weighted by Crippen LogP contribution is 2.25. The Morgan fingerprint density at radius 1 is 1.38 bits per heavy atom. The molecule has 0 aliphatic carbocycles. The summed E-state index contributed by atoms with van der Waals surface area (Å²) in [5, 5.41) is 12.2. The van der Waals surface area contributed by atoms with Crippen LogP contribution in [-0.4, -0.2) is 24.2 Å². The van der Waals surface area contributed by atoms with Gasteiger partial charge in [0.05, 0.1) is 17.4 Å². The smallest absolute Gasteiger partial charge is 0.256 e. The van der Waals surface area contributed by atoms with Gasteiger partial charge in [-0.25, -0.2) is 0 Å². The number of nitrogens with zero attached hydrogens (tertiary/aromatic N) is 1. The molecule has 0 spiro atoms. The second-order valence-corrected chi connectivity index (χ2v) is 6.04. The van der Waals surface area contributed by atoms with E-state index in [9.17, 15) is 10.1 Å². The average molecular weight is 332 g/mol. The Hall–Kier alpha value is -2.06. The predicted molar refractivity (Wildman–Crippen MR) is 95.1 cm³/mol. The Morgan fingerprint density at radius 3 is 2.62 bits per heavy atom. The van der Waals surface area contributed by atoms with Crippen molar-refractivity contribution in [1.82, 2.24) is 0 Å². The highest BCUT2D eigenvalue weighted by Gasteiger charge is 2.32. The topological polar surface area (TPSA) is 71.3 Å². The van der Waals surface area contributed by atoms with Gasteiger partial charge in [0.15, 0.2) is 0 Å². The van der Waals surface area contributed by atoms with Crippen molar-refractivity contribution in [2.75, 3.05) is 11.9 Å². The lowest BCUT2D eigenvalue weighted by Gasteiger charge is -2.27. The molecule has 0 aliphatic heterocycles. The zero-order chi connectivity index (χ0) is 18.2. The van der Waals surface area contributed by atoms with Crippen molar-refractivity contribution in [3.8, 4) is 11.8 Å². The average Bonchev–Trinajstić information content (AvgIpc) is 2.60. The third-order valence-corrected chi connectivity index (χ3v) is 4.05. The molecule has 0 saturated heterocycles. The number of hydrogen-bond acceptors (Lipinski definition) is 4. The van der Waals surface area contributed by atoms with Crippen molar-refractivity contribution in [2.24, 2.45) is 0 Å². The third kappa shape index (κ3) is 5.24. The lowest BCUT2D eigenvalue weighted by molar-refractivity contribution is -0.139. The highest BCUT2D eigenvalue weighted by atomic mass is 16.5. The summed E-state index contributed by atoms with van der Waals surface area (Å²) < 4.78 is 11.4. The van der Waals surface area contributed by atoms with Gasteiger partial charge in [0.2, 0.25) is 0 Å². The maximum Gasteiger partial charge on any atom is 0.256 e. The molecular weight excluding hydrogens is 304 g/mol. The summed E-state index contributed by atoms with van der Waals surface area (Å²) in [7, 11) is 0. The van der Waals surface area contributed by atoms with Crippen molar-refractivity contribution in [3.05, 3.63) is 23.8 Å². The van der Waals surface area contributed by atoms with Crippen molar-refractivity contribution in [3.63, 3.8) is 0 Å². The molecule has 5 nitrogen and oxygen atoms in total. The maximum absolute atomic E-state index is 12.6. The van der Waals surface area contributed by atoms with Gasteiger partial charge in [-0.1, -0.05) is 20.8 Å². The Balaban J connectivity index is 2.94. The fourth-order valence-corrected chi connectivity index (χ4v) is 2.02. The molecule has 0 aromatic heterocycles. The summed E-state index contributed by atoms with van der Waals surface area (Å²) in [4.78, 5) is 12.6. The molecule has 0 heterocycles. The van der Waals surface area contributed by atoms with Crippen LogP contribution in [0.1, 0.15) is 59.4 Å². The Kier molecular flexibility index (Phi) is 7.73. The molecule has 0 radical (unpaired) electrons. The lowest BCUT2D eigenvalue weighted by atomic mass is 10.0. The molecule has 0 bridgehead atoms. The van der Waals surface area contributed by atoms with Gasteiger partial charge >= 0.3 is 0 Å². The molecular formula is C19H28N2O3. The van der Waals surface area contributed by atoms with E-state index in [-0.39, 0.29) is 12.0 Å². The van der Waals surface area contributed by atoms with Crippen molar-refractivity contribution >= 4 is 11.6 Å². The first-order valence-corrected chi connectivity index (χ1v) is 8.56. The second-order valence-electron chi connectivity index (χ2n) is 6.04. The number of carbonyl (C=O) groups excluding carboxylic acids is 1. The Morgan fingerprint density at radius 2 is 2.08 bits per heavy atom. The number of ether oxygens (including phenoxy) is 2. The van der Waals surface area contributed by atoms with Crippen LogP contribution in [0.4, 0.5) is 5.69 Å². The number of rotatable bonds is 9. The minimum Gasteiger partial charge on any atom is -0.491 e. The fourth-order valence-electron chi connectivity index (χ4n) is 2.02. The molecule has 0 saturated carbocycles. The zero-order valence-electron chi connectivity index (χ0n) is 15.3. The second kappa shape index (κ2) is 9.29. The van der Waals surface area contributed by atoms with Crippen LogP contribution in [0, 0.1) is 11.3 Å². The van der Waals surface area contributed by atoms with Gasteiger partial charge in [0.25, 0.3) is 5.91 Å². The van der Waals surface area contributed by atoms with E-state index in [1.54, 1.807) is 25.1 Å². The Bertz CT molecular complexity index is 595. The summed E-state index contributed by atoms with van der Waals surface area (Å²) in [5.74, 6) is 0.380. The molecule has 1 rings (SSSR count). The van der Waals surface area contributed by atoms with Crippen LogP contribution in [0.3, 0.4) is 0 Å². The number of nitriles is 1. The third-order valence-electron chi connectivity index (χ3n) is 4.05. The van der Waals surface area contributed by atoms with Gasteiger partial charge in [-0.2, -0.15) is 5.26 Å². The monoisotopic (exact) mass is 332 g/mol. The fraction of sp³-hybridized carbons (Fsp3) is 0.579. The van der Waals surface area contributed by atoms with Crippen molar-refractivity contribution in [1.29, 1.82) is 5.26 Å². The van der Waals surface area contributed by atoms with Crippen LogP contribution in [-0.2, 0) is 9.53 Å². The maximum atomic E-state index is 12.6. The molecule has 24 heavy (non-hydrogen) atoms. The van der Waals surface area contributed by atoms with Crippen LogP contribution in [0.15, 0.2) is 18.2 Å². The summed E-state index contributed by atoms with van der Waals surface area (Å²) in [6.07, 6.45) is 2.34. The van der Waals surface area contributed by atoms with E-state index in [1.165, 1.54) is 0 Å². The van der Waals surface area contributed by atoms with Crippen LogP contribution < -0.4 is 10.1 Å². The van der Waals surface area contributed by atoms with E-state index in [4.69, 9.17) is 9.47 Å². The molecule has 132 valence electrons. The predicted octanol–water partition coefficient (Wildman–Crippen LogP) is 4.27. The first kappa shape index (κ1) is 20.0. The minimum atomic E-state index is -0.908. The standard InChI is InChI=1S/C19H28N2O3/c1-6-11-23-19(5,8-3)18(22)21-17-10-9-16(12-15(17)13-20)24-14(4)7-2/h9-10,12,14H,6-8,11H2,1-5H3,(H,21,22).